The van der Waals surface area contributed by atoms with Crippen LogP contribution in [0.15, 0.2) is 24.3 Å². The SMILES string of the molecule is COc1ccc(CCC2CCCC(O)C2)cc1. The van der Waals surface area contributed by atoms with Gasteiger partial charge in [0.25, 0.3) is 0 Å². The Balaban J connectivity index is 1.80. The molecular formula is C15H22O2. The minimum Gasteiger partial charge on any atom is -0.497 e. The summed E-state index contributed by atoms with van der Waals surface area (Å²) in [4.78, 5) is 0. The van der Waals surface area contributed by atoms with Gasteiger partial charge in [-0.25, -0.2) is 0 Å². The molecular weight excluding hydrogens is 212 g/mol. The van der Waals surface area contributed by atoms with E-state index in [2.05, 4.69) is 12.1 Å². The standard InChI is InChI=1S/C15H22O2/c1-17-15-9-7-12(8-10-15)5-6-13-3-2-4-14(16)11-13/h7-10,13-14,16H,2-6,11H2,1H3. The smallest absolute Gasteiger partial charge is 0.118 e. The lowest BCUT2D eigenvalue weighted by atomic mass is 9.83. The van der Waals surface area contributed by atoms with Crippen LogP contribution in [-0.4, -0.2) is 18.3 Å². The Morgan fingerprint density at radius 3 is 2.65 bits per heavy atom. The molecule has 94 valence electrons. The Kier molecular flexibility index (Phi) is 4.43. The molecule has 1 N–H and O–H groups in total. The Bertz CT molecular complexity index is 331. The normalized spacial score (nSPS) is 24.6. The zero-order valence-corrected chi connectivity index (χ0v) is 10.6. The van der Waals surface area contributed by atoms with E-state index in [9.17, 15) is 5.11 Å². The number of rotatable bonds is 4. The van der Waals surface area contributed by atoms with E-state index in [4.69, 9.17) is 4.74 Å². The predicted molar refractivity (Wildman–Crippen MR) is 69.3 cm³/mol. The van der Waals surface area contributed by atoms with Crippen LogP contribution in [0.1, 0.15) is 37.7 Å². The van der Waals surface area contributed by atoms with Gasteiger partial charge >= 0.3 is 0 Å². The van der Waals surface area contributed by atoms with Gasteiger partial charge in [0.2, 0.25) is 0 Å². The van der Waals surface area contributed by atoms with Gasteiger partial charge in [0.15, 0.2) is 0 Å². The first-order chi connectivity index (χ1) is 8.28. The zero-order chi connectivity index (χ0) is 12.1. The van der Waals surface area contributed by atoms with Crippen molar-refractivity contribution in [1.29, 1.82) is 0 Å². The van der Waals surface area contributed by atoms with Crippen LogP contribution >= 0.6 is 0 Å². The molecule has 0 spiro atoms. The third-order valence-corrected chi connectivity index (χ3v) is 3.76. The first kappa shape index (κ1) is 12.4. The molecule has 1 aromatic carbocycles. The number of ether oxygens (including phenoxy) is 1. The van der Waals surface area contributed by atoms with E-state index >= 15 is 0 Å². The molecule has 1 fully saturated rings. The molecule has 2 unspecified atom stereocenters. The summed E-state index contributed by atoms with van der Waals surface area (Å²) in [6.45, 7) is 0. The van der Waals surface area contributed by atoms with Crippen LogP contribution < -0.4 is 4.74 Å². The number of aryl methyl sites for hydroxylation is 1. The second-order valence-electron chi connectivity index (χ2n) is 5.07. The lowest BCUT2D eigenvalue weighted by Crippen LogP contribution is -2.19. The van der Waals surface area contributed by atoms with Crippen molar-refractivity contribution in [3.05, 3.63) is 29.8 Å². The van der Waals surface area contributed by atoms with E-state index in [1.54, 1.807) is 7.11 Å². The number of aliphatic hydroxyl groups is 1. The van der Waals surface area contributed by atoms with Crippen LogP contribution in [0, 0.1) is 5.92 Å². The number of hydrogen-bond acceptors (Lipinski definition) is 2. The first-order valence-corrected chi connectivity index (χ1v) is 6.59. The van der Waals surface area contributed by atoms with Crippen LogP contribution in [0.4, 0.5) is 0 Å². The largest absolute Gasteiger partial charge is 0.497 e. The third-order valence-electron chi connectivity index (χ3n) is 3.76. The summed E-state index contributed by atoms with van der Waals surface area (Å²) < 4.78 is 5.14. The minimum absolute atomic E-state index is 0.0513. The second-order valence-corrected chi connectivity index (χ2v) is 5.07. The van der Waals surface area contributed by atoms with Gasteiger partial charge in [0.05, 0.1) is 13.2 Å². The van der Waals surface area contributed by atoms with E-state index in [1.165, 1.54) is 24.8 Å². The summed E-state index contributed by atoms with van der Waals surface area (Å²) in [6.07, 6.45) is 6.73. The average Bonchev–Trinajstić information content (AvgIpc) is 2.37. The van der Waals surface area contributed by atoms with Gasteiger partial charge in [-0.15, -0.1) is 0 Å². The highest BCUT2D eigenvalue weighted by Crippen LogP contribution is 2.28. The van der Waals surface area contributed by atoms with Gasteiger partial charge in [-0.3, -0.25) is 0 Å². The van der Waals surface area contributed by atoms with Crippen molar-refractivity contribution in [2.24, 2.45) is 5.92 Å². The van der Waals surface area contributed by atoms with Crippen molar-refractivity contribution >= 4 is 0 Å². The monoisotopic (exact) mass is 234 g/mol. The Morgan fingerprint density at radius 2 is 2.00 bits per heavy atom. The van der Waals surface area contributed by atoms with Crippen LogP contribution in [0.3, 0.4) is 0 Å². The summed E-state index contributed by atoms with van der Waals surface area (Å²) in [5.41, 5.74) is 1.37. The number of benzene rings is 1. The van der Waals surface area contributed by atoms with Crippen LogP contribution in [-0.2, 0) is 6.42 Å². The molecule has 0 heterocycles. The van der Waals surface area contributed by atoms with Gasteiger partial charge in [-0.1, -0.05) is 25.0 Å². The molecule has 2 atom stereocenters. The highest BCUT2D eigenvalue weighted by molar-refractivity contribution is 5.27. The maximum Gasteiger partial charge on any atom is 0.118 e. The Morgan fingerprint density at radius 1 is 1.24 bits per heavy atom. The fraction of sp³-hybridized carbons (Fsp3) is 0.600. The highest BCUT2D eigenvalue weighted by atomic mass is 16.5. The topological polar surface area (TPSA) is 29.5 Å². The van der Waals surface area contributed by atoms with E-state index in [-0.39, 0.29) is 6.10 Å². The van der Waals surface area contributed by atoms with Crippen molar-refractivity contribution in [2.45, 2.75) is 44.6 Å². The van der Waals surface area contributed by atoms with Gasteiger partial charge in [-0.2, -0.15) is 0 Å². The number of aliphatic hydroxyl groups excluding tert-OH is 1. The summed E-state index contributed by atoms with van der Waals surface area (Å²) in [7, 11) is 1.69. The number of methoxy groups -OCH3 is 1. The molecule has 2 rings (SSSR count). The predicted octanol–water partition coefficient (Wildman–Crippen LogP) is 3.18. The summed E-state index contributed by atoms with van der Waals surface area (Å²) >= 11 is 0. The average molecular weight is 234 g/mol. The van der Waals surface area contributed by atoms with E-state index in [1.807, 2.05) is 12.1 Å². The maximum absolute atomic E-state index is 9.63. The van der Waals surface area contributed by atoms with E-state index < -0.39 is 0 Å². The second kappa shape index (κ2) is 6.06. The van der Waals surface area contributed by atoms with Gasteiger partial charge < -0.3 is 9.84 Å². The lowest BCUT2D eigenvalue weighted by molar-refractivity contribution is 0.0984. The lowest BCUT2D eigenvalue weighted by Gasteiger charge is -2.25. The molecule has 0 aliphatic heterocycles. The molecule has 0 aromatic heterocycles. The zero-order valence-electron chi connectivity index (χ0n) is 10.6. The third kappa shape index (κ3) is 3.74. The van der Waals surface area contributed by atoms with Crippen molar-refractivity contribution in [3.63, 3.8) is 0 Å². The van der Waals surface area contributed by atoms with E-state index in [0.717, 1.165) is 25.0 Å². The molecule has 1 aliphatic carbocycles. The molecule has 1 aromatic rings. The Labute approximate surface area is 104 Å². The summed E-state index contributed by atoms with van der Waals surface area (Å²) in [6, 6.07) is 8.31. The number of hydrogen-bond donors (Lipinski definition) is 1. The summed E-state index contributed by atoms with van der Waals surface area (Å²) in [5.74, 6) is 1.63. The fourth-order valence-electron chi connectivity index (χ4n) is 2.69. The molecule has 1 aliphatic rings. The van der Waals surface area contributed by atoms with Gasteiger partial charge in [-0.05, 0) is 49.3 Å². The molecule has 2 heteroatoms. The van der Waals surface area contributed by atoms with Crippen molar-refractivity contribution < 1.29 is 9.84 Å². The fourth-order valence-corrected chi connectivity index (χ4v) is 2.69. The molecule has 0 bridgehead atoms. The Hall–Kier alpha value is -1.02. The first-order valence-electron chi connectivity index (χ1n) is 6.59. The van der Waals surface area contributed by atoms with Crippen molar-refractivity contribution in [2.75, 3.05) is 7.11 Å². The van der Waals surface area contributed by atoms with E-state index in [0.29, 0.717) is 5.92 Å². The van der Waals surface area contributed by atoms with Gasteiger partial charge in [0.1, 0.15) is 5.75 Å². The molecule has 0 saturated heterocycles. The molecule has 2 nitrogen and oxygen atoms in total. The highest BCUT2D eigenvalue weighted by Gasteiger charge is 2.19. The molecule has 17 heavy (non-hydrogen) atoms. The van der Waals surface area contributed by atoms with Crippen molar-refractivity contribution in [1.82, 2.24) is 0 Å². The minimum atomic E-state index is -0.0513. The van der Waals surface area contributed by atoms with Crippen LogP contribution in [0.5, 0.6) is 5.75 Å². The molecule has 0 amide bonds. The van der Waals surface area contributed by atoms with Crippen molar-refractivity contribution in [3.8, 4) is 5.75 Å². The van der Waals surface area contributed by atoms with Gasteiger partial charge in [0, 0.05) is 0 Å². The molecule has 0 radical (unpaired) electrons. The quantitative estimate of drug-likeness (QED) is 0.867. The van der Waals surface area contributed by atoms with Crippen LogP contribution in [0.25, 0.3) is 0 Å². The summed E-state index contributed by atoms with van der Waals surface area (Å²) in [5, 5.41) is 9.63. The van der Waals surface area contributed by atoms with Crippen LogP contribution in [0.2, 0.25) is 0 Å². The molecule has 1 saturated carbocycles. The maximum atomic E-state index is 9.63.